The second-order valence-electron chi connectivity index (χ2n) is 4.67. The SMILES string of the molecule is CC1=CCCN(S(=O)(=O)c2c(C)cccc2N)C1. The van der Waals surface area contributed by atoms with Crippen LogP contribution in [0.2, 0.25) is 0 Å². The quantitative estimate of drug-likeness (QED) is 0.657. The van der Waals surface area contributed by atoms with E-state index in [0.29, 0.717) is 24.3 Å². The van der Waals surface area contributed by atoms with Crippen molar-refractivity contribution in [3.8, 4) is 0 Å². The molecule has 1 aliphatic rings. The van der Waals surface area contributed by atoms with Crippen LogP contribution in [0.25, 0.3) is 0 Å². The number of nitrogens with two attached hydrogens (primary N) is 1. The number of rotatable bonds is 2. The normalized spacial score (nSPS) is 17.6. The highest BCUT2D eigenvalue weighted by molar-refractivity contribution is 7.89. The van der Waals surface area contributed by atoms with E-state index in [0.717, 1.165) is 12.0 Å². The van der Waals surface area contributed by atoms with Gasteiger partial charge in [-0.1, -0.05) is 23.8 Å². The number of benzene rings is 1. The number of hydrogen-bond acceptors (Lipinski definition) is 3. The average molecular weight is 266 g/mol. The van der Waals surface area contributed by atoms with E-state index in [1.807, 2.05) is 6.92 Å². The minimum atomic E-state index is -3.49. The zero-order valence-corrected chi connectivity index (χ0v) is 11.5. The zero-order valence-electron chi connectivity index (χ0n) is 10.7. The molecule has 0 spiro atoms. The van der Waals surface area contributed by atoms with Gasteiger partial charge in [0.1, 0.15) is 4.90 Å². The second-order valence-corrected chi connectivity index (χ2v) is 6.55. The smallest absolute Gasteiger partial charge is 0.245 e. The molecule has 18 heavy (non-hydrogen) atoms. The summed E-state index contributed by atoms with van der Waals surface area (Å²) in [5.74, 6) is 0. The first-order chi connectivity index (χ1) is 8.43. The van der Waals surface area contributed by atoms with E-state index in [4.69, 9.17) is 5.73 Å². The summed E-state index contributed by atoms with van der Waals surface area (Å²) in [7, 11) is -3.49. The molecule has 5 heteroatoms. The lowest BCUT2D eigenvalue weighted by Crippen LogP contribution is -2.36. The Balaban J connectivity index is 2.46. The Morgan fingerprint density at radius 3 is 2.61 bits per heavy atom. The van der Waals surface area contributed by atoms with Crippen LogP contribution in [0.5, 0.6) is 0 Å². The Morgan fingerprint density at radius 1 is 1.28 bits per heavy atom. The number of nitrogens with zero attached hydrogens (tertiary/aromatic N) is 1. The van der Waals surface area contributed by atoms with Gasteiger partial charge >= 0.3 is 0 Å². The molecule has 0 aliphatic carbocycles. The predicted molar refractivity (Wildman–Crippen MR) is 72.7 cm³/mol. The van der Waals surface area contributed by atoms with Crippen molar-refractivity contribution in [1.29, 1.82) is 0 Å². The third-order valence-electron chi connectivity index (χ3n) is 3.14. The Kier molecular flexibility index (Phi) is 3.45. The van der Waals surface area contributed by atoms with Gasteiger partial charge in [-0.2, -0.15) is 4.31 Å². The number of hydrogen-bond donors (Lipinski definition) is 1. The predicted octanol–water partition coefficient (Wildman–Crippen LogP) is 1.92. The van der Waals surface area contributed by atoms with Crippen molar-refractivity contribution >= 4 is 15.7 Å². The van der Waals surface area contributed by atoms with Gasteiger partial charge in [-0.05, 0) is 31.9 Å². The maximum absolute atomic E-state index is 12.6. The first kappa shape index (κ1) is 13.1. The molecule has 0 aromatic heterocycles. The monoisotopic (exact) mass is 266 g/mol. The third kappa shape index (κ3) is 2.28. The van der Waals surface area contributed by atoms with Crippen LogP contribution in [-0.2, 0) is 10.0 Å². The van der Waals surface area contributed by atoms with Crippen LogP contribution >= 0.6 is 0 Å². The maximum Gasteiger partial charge on any atom is 0.245 e. The first-order valence-corrected chi connectivity index (χ1v) is 7.38. The zero-order chi connectivity index (χ0) is 13.3. The minimum Gasteiger partial charge on any atom is -0.398 e. The molecular formula is C13H18N2O2S. The van der Waals surface area contributed by atoms with Crippen molar-refractivity contribution in [2.24, 2.45) is 0 Å². The van der Waals surface area contributed by atoms with E-state index in [1.165, 1.54) is 4.31 Å². The van der Waals surface area contributed by atoms with Crippen molar-refractivity contribution in [2.75, 3.05) is 18.8 Å². The molecule has 0 amide bonds. The number of sulfonamides is 1. The molecule has 0 bridgehead atoms. The van der Waals surface area contributed by atoms with Gasteiger partial charge < -0.3 is 5.73 Å². The van der Waals surface area contributed by atoms with Crippen LogP contribution in [0.15, 0.2) is 34.7 Å². The highest BCUT2D eigenvalue weighted by atomic mass is 32.2. The first-order valence-electron chi connectivity index (χ1n) is 5.94. The van der Waals surface area contributed by atoms with E-state index >= 15 is 0 Å². The fraction of sp³-hybridized carbons (Fsp3) is 0.385. The number of aryl methyl sites for hydroxylation is 1. The average Bonchev–Trinajstić information content (AvgIpc) is 2.28. The molecule has 1 aliphatic heterocycles. The molecule has 0 atom stereocenters. The lowest BCUT2D eigenvalue weighted by atomic mass is 10.2. The van der Waals surface area contributed by atoms with E-state index in [2.05, 4.69) is 6.08 Å². The van der Waals surface area contributed by atoms with Gasteiger partial charge in [-0.25, -0.2) is 8.42 Å². The summed E-state index contributed by atoms with van der Waals surface area (Å²) in [4.78, 5) is 0.250. The third-order valence-corrected chi connectivity index (χ3v) is 5.20. The summed E-state index contributed by atoms with van der Waals surface area (Å²) < 4.78 is 26.7. The lowest BCUT2D eigenvalue weighted by Gasteiger charge is -2.26. The molecule has 0 unspecified atom stereocenters. The van der Waals surface area contributed by atoms with E-state index in [1.54, 1.807) is 25.1 Å². The van der Waals surface area contributed by atoms with Crippen LogP contribution in [-0.4, -0.2) is 25.8 Å². The summed E-state index contributed by atoms with van der Waals surface area (Å²) in [6.45, 7) is 4.70. The summed E-state index contributed by atoms with van der Waals surface area (Å²) in [5, 5.41) is 0. The van der Waals surface area contributed by atoms with Crippen LogP contribution in [0.3, 0.4) is 0 Å². The van der Waals surface area contributed by atoms with Crippen LogP contribution in [0, 0.1) is 6.92 Å². The van der Waals surface area contributed by atoms with Crippen molar-refractivity contribution in [2.45, 2.75) is 25.2 Å². The Hall–Kier alpha value is -1.33. The molecular weight excluding hydrogens is 248 g/mol. The van der Waals surface area contributed by atoms with Gasteiger partial charge in [0.05, 0.1) is 5.69 Å². The molecule has 4 nitrogen and oxygen atoms in total. The molecule has 0 saturated heterocycles. The Labute approximate surface area is 108 Å². The van der Waals surface area contributed by atoms with Gasteiger partial charge in [0.15, 0.2) is 0 Å². The van der Waals surface area contributed by atoms with Gasteiger partial charge in [-0.15, -0.1) is 0 Å². The standard InChI is InChI=1S/C13H18N2O2S/c1-10-5-4-8-15(9-10)18(16,17)13-11(2)6-3-7-12(13)14/h3,5-7H,4,8-9,14H2,1-2H3. The Morgan fingerprint density at radius 2 is 2.00 bits per heavy atom. The van der Waals surface area contributed by atoms with E-state index < -0.39 is 10.0 Å². The highest BCUT2D eigenvalue weighted by Gasteiger charge is 2.28. The van der Waals surface area contributed by atoms with E-state index in [-0.39, 0.29) is 4.90 Å². The van der Waals surface area contributed by atoms with Crippen LogP contribution < -0.4 is 5.73 Å². The van der Waals surface area contributed by atoms with Crippen molar-refractivity contribution in [3.05, 3.63) is 35.4 Å². The molecule has 1 heterocycles. The second kappa shape index (κ2) is 4.74. The molecule has 1 aromatic rings. The summed E-state index contributed by atoms with van der Waals surface area (Å²) in [5.41, 5.74) is 7.93. The highest BCUT2D eigenvalue weighted by Crippen LogP contribution is 2.27. The molecule has 2 rings (SSSR count). The van der Waals surface area contributed by atoms with Gasteiger partial charge in [0.2, 0.25) is 10.0 Å². The van der Waals surface area contributed by atoms with Crippen molar-refractivity contribution in [1.82, 2.24) is 4.31 Å². The van der Waals surface area contributed by atoms with Crippen LogP contribution in [0.1, 0.15) is 18.9 Å². The topological polar surface area (TPSA) is 63.4 Å². The fourth-order valence-electron chi connectivity index (χ4n) is 2.24. The molecule has 0 saturated carbocycles. The summed E-state index contributed by atoms with van der Waals surface area (Å²) in [6.07, 6.45) is 2.84. The largest absolute Gasteiger partial charge is 0.398 e. The van der Waals surface area contributed by atoms with Gasteiger partial charge in [-0.3, -0.25) is 0 Å². The van der Waals surface area contributed by atoms with Crippen molar-refractivity contribution < 1.29 is 8.42 Å². The van der Waals surface area contributed by atoms with E-state index in [9.17, 15) is 8.42 Å². The maximum atomic E-state index is 12.6. The van der Waals surface area contributed by atoms with Crippen molar-refractivity contribution in [3.63, 3.8) is 0 Å². The molecule has 0 radical (unpaired) electrons. The van der Waals surface area contributed by atoms with Gasteiger partial charge in [0.25, 0.3) is 0 Å². The van der Waals surface area contributed by atoms with Gasteiger partial charge in [0, 0.05) is 13.1 Å². The minimum absolute atomic E-state index is 0.250. The molecule has 98 valence electrons. The number of anilines is 1. The molecule has 2 N–H and O–H groups in total. The fourth-order valence-corrected chi connectivity index (χ4v) is 4.06. The summed E-state index contributed by atoms with van der Waals surface area (Å²) in [6, 6.07) is 5.17. The number of nitrogen functional groups attached to an aromatic ring is 1. The van der Waals surface area contributed by atoms with Crippen LogP contribution in [0.4, 0.5) is 5.69 Å². The Bertz CT molecular complexity index is 571. The molecule has 1 aromatic carbocycles. The lowest BCUT2D eigenvalue weighted by molar-refractivity contribution is 0.428. The summed E-state index contributed by atoms with van der Waals surface area (Å²) >= 11 is 0. The molecule has 0 fully saturated rings.